The van der Waals surface area contributed by atoms with Crippen molar-refractivity contribution in [3.8, 4) is 0 Å². The minimum atomic E-state index is -0.150. The Morgan fingerprint density at radius 2 is 2.15 bits per heavy atom. The van der Waals surface area contributed by atoms with Crippen molar-refractivity contribution in [3.05, 3.63) is 28.2 Å². The fraction of sp³-hybridized carbons (Fsp3) is 0.500. The van der Waals surface area contributed by atoms with Crippen molar-refractivity contribution in [3.63, 3.8) is 0 Å². The van der Waals surface area contributed by atoms with E-state index in [1.54, 1.807) is 7.05 Å². The van der Waals surface area contributed by atoms with E-state index < -0.39 is 0 Å². The highest BCUT2D eigenvalue weighted by atomic mass is 79.9. The van der Waals surface area contributed by atoms with E-state index in [0.717, 1.165) is 28.7 Å². The summed E-state index contributed by atoms with van der Waals surface area (Å²) < 4.78 is 0.913. The van der Waals surface area contributed by atoms with E-state index in [0.29, 0.717) is 18.9 Å². The predicted molar refractivity (Wildman–Crippen MR) is 107 cm³/mol. The van der Waals surface area contributed by atoms with Gasteiger partial charge in [0.2, 0.25) is 11.8 Å². The van der Waals surface area contributed by atoms with Crippen LogP contribution >= 0.6 is 15.9 Å². The Morgan fingerprint density at radius 3 is 2.85 bits per heavy atom. The summed E-state index contributed by atoms with van der Waals surface area (Å²) in [6.07, 6.45) is 1.39. The van der Waals surface area contributed by atoms with Crippen LogP contribution in [0.25, 0.3) is 0 Å². The zero-order chi connectivity index (χ0) is 19.1. The van der Waals surface area contributed by atoms with Crippen LogP contribution in [0.15, 0.2) is 27.7 Å². The Hall–Kier alpha value is -2.09. The molecule has 1 heterocycles. The highest BCUT2D eigenvalue weighted by molar-refractivity contribution is 9.10. The third kappa shape index (κ3) is 5.72. The lowest BCUT2D eigenvalue weighted by Crippen LogP contribution is -2.47. The van der Waals surface area contributed by atoms with Crippen molar-refractivity contribution < 1.29 is 9.59 Å². The first-order valence-corrected chi connectivity index (χ1v) is 9.53. The van der Waals surface area contributed by atoms with Gasteiger partial charge in [-0.1, -0.05) is 28.9 Å². The molecule has 0 bridgehead atoms. The van der Waals surface area contributed by atoms with E-state index >= 15 is 0 Å². The fourth-order valence-corrected chi connectivity index (χ4v) is 3.16. The van der Waals surface area contributed by atoms with Gasteiger partial charge in [0.25, 0.3) is 0 Å². The summed E-state index contributed by atoms with van der Waals surface area (Å²) in [4.78, 5) is 30.0. The molecular formula is C18H26BrN5O2. The second kappa shape index (κ2) is 9.56. The molecule has 1 atom stereocenters. The zero-order valence-electron chi connectivity index (χ0n) is 15.4. The normalized spacial score (nSPS) is 17.2. The highest BCUT2D eigenvalue weighted by Crippen LogP contribution is 2.20. The van der Waals surface area contributed by atoms with Gasteiger partial charge in [-0.3, -0.25) is 14.6 Å². The van der Waals surface area contributed by atoms with Crippen LogP contribution in [0.5, 0.6) is 0 Å². The number of nitrogens with zero attached hydrogens (tertiary/aromatic N) is 2. The molecule has 8 heteroatoms. The number of guanidine groups is 1. The molecule has 1 aliphatic rings. The number of anilines is 1. The fourth-order valence-electron chi connectivity index (χ4n) is 2.80. The van der Waals surface area contributed by atoms with Crippen LogP contribution in [-0.4, -0.2) is 55.4 Å². The Kier molecular flexibility index (Phi) is 7.44. The molecule has 1 fully saturated rings. The lowest BCUT2D eigenvalue weighted by molar-refractivity contribution is -0.129. The molecular weight excluding hydrogens is 398 g/mol. The van der Waals surface area contributed by atoms with E-state index in [1.165, 1.54) is 0 Å². The van der Waals surface area contributed by atoms with Crippen molar-refractivity contribution in [2.24, 2.45) is 4.99 Å². The van der Waals surface area contributed by atoms with Crippen molar-refractivity contribution in [1.82, 2.24) is 15.5 Å². The molecule has 0 spiro atoms. The molecule has 2 amide bonds. The Morgan fingerprint density at radius 1 is 1.38 bits per heavy atom. The molecule has 0 saturated carbocycles. The van der Waals surface area contributed by atoms with Gasteiger partial charge in [0.05, 0.1) is 6.54 Å². The number of aryl methyl sites for hydroxylation is 1. The van der Waals surface area contributed by atoms with Crippen molar-refractivity contribution >= 4 is 39.4 Å². The van der Waals surface area contributed by atoms with E-state index in [1.807, 2.05) is 36.9 Å². The largest absolute Gasteiger partial charge is 0.352 e. The van der Waals surface area contributed by atoms with Gasteiger partial charge in [-0.15, -0.1) is 0 Å². The summed E-state index contributed by atoms with van der Waals surface area (Å²) >= 11 is 3.40. The van der Waals surface area contributed by atoms with Crippen LogP contribution in [0, 0.1) is 6.92 Å². The van der Waals surface area contributed by atoms with E-state index in [9.17, 15) is 9.59 Å². The van der Waals surface area contributed by atoms with Gasteiger partial charge in [-0.2, -0.15) is 0 Å². The molecule has 1 aromatic rings. The van der Waals surface area contributed by atoms with Crippen LogP contribution in [-0.2, 0) is 9.59 Å². The highest BCUT2D eigenvalue weighted by Gasteiger charge is 2.25. The first-order chi connectivity index (χ1) is 12.4. The molecule has 7 nitrogen and oxygen atoms in total. The molecule has 142 valence electrons. The molecule has 0 radical (unpaired) electrons. The maximum atomic E-state index is 12.2. The maximum absolute atomic E-state index is 12.2. The van der Waals surface area contributed by atoms with Crippen LogP contribution in [0.3, 0.4) is 0 Å². The number of aliphatic imine (C=N–C) groups is 1. The number of rotatable bonds is 5. The number of benzene rings is 1. The van der Waals surface area contributed by atoms with E-state index in [4.69, 9.17) is 0 Å². The van der Waals surface area contributed by atoms with Crippen LogP contribution in [0.2, 0.25) is 0 Å². The van der Waals surface area contributed by atoms with E-state index in [2.05, 4.69) is 36.9 Å². The van der Waals surface area contributed by atoms with Crippen LogP contribution < -0.4 is 16.0 Å². The number of amides is 2. The molecule has 1 aromatic carbocycles. The maximum Gasteiger partial charge on any atom is 0.243 e. The summed E-state index contributed by atoms with van der Waals surface area (Å²) in [5.41, 5.74) is 1.77. The molecule has 26 heavy (non-hydrogen) atoms. The third-order valence-electron chi connectivity index (χ3n) is 4.30. The second-order valence-electron chi connectivity index (χ2n) is 6.26. The quantitative estimate of drug-likeness (QED) is 0.498. The average molecular weight is 424 g/mol. The van der Waals surface area contributed by atoms with Gasteiger partial charge in [-0.25, -0.2) is 0 Å². The summed E-state index contributed by atoms with van der Waals surface area (Å²) in [6.45, 7) is 5.34. The van der Waals surface area contributed by atoms with Gasteiger partial charge in [0.1, 0.15) is 0 Å². The zero-order valence-corrected chi connectivity index (χ0v) is 17.0. The van der Waals surface area contributed by atoms with Gasteiger partial charge in [0, 0.05) is 42.8 Å². The monoisotopic (exact) mass is 423 g/mol. The van der Waals surface area contributed by atoms with Gasteiger partial charge >= 0.3 is 0 Å². The molecule has 1 unspecified atom stereocenters. The molecule has 1 saturated heterocycles. The number of carbonyl (C=O) groups excluding carboxylic acids is 2. The van der Waals surface area contributed by atoms with Crippen molar-refractivity contribution in [1.29, 1.82) is 0 Å². The number of hydrogen-bond acceptors (Lipinski definition) is 3. The third-order valence-corrected chi connectivity index (χ3v) is 4.79. The lowest BCUT2D eigenvalue weighted by atomic mass is 10.2. The summed E-state index contributed by atoms with van der Waals surface area (Å²) in [6, 6.07) is 5.89. The number of nitrogens with one attached hydrogen (secondary N) is 3. The molecule has 3 N–H and O–H groups in total. The number of halogens is 1. The standard InChI is InChI=1S/C18H26BrN5O2/c1-4-17(26)24-8-7-14(11-24)22-18(20-3)21-10-16(25)23-15-9-13(19)6-5-12(15)2/h5-6,9,14H,4,7-8,10-11H2,1-3H3,(H,23,25)(H2,20,21,22). The summed E-state index contributed by atoms with van der Waals surface area (Å²) in [5, 5.41) is 9.18. The summed E-state index contributed by atoms with van der Waals surface area (Å²) in [5.74, 6) is 0.575. The minimum absolute atomic E-state index is 0.107. The SMILES string of the molecule is CCC(=O)N1CCC(NC(=NC)NCC(=O)Nc2cc(Br)ccc2C)C1. The molecule has 2 rings (SSSR count). The molecule has 0 aliphatic carbocycles. The number of likely N-dealkylation sites (tertiary alicyclic amines) is 1. The van der Waals surface area contributed by atoms with Crippen molar-refractivity contribution in [2.75, 3.05) is 32.0 Å². The number of carbonyl (C=O) groups is 2. The second-order valence-corrected chi connectivity index (χ2v) is 7.17. The number of hydrogen-bond donors (Lipinski definition) is 3. The lowest BCUT2D eigenvalue weighted by Gasteiger charge is -2.18. The minimum Gasteiger partial charge on any atom is -0.352 e. The molecule has 1 aliphatic heterocycles. The van der Waals surface area contributed by atoms with E-state index in [-0.39, 0.29) is 24.4 Å². The molecule has 0 aromatic heterocycles. The first kappa shape index (κ1) is 20.2. The Labute approximate surface area is 162 Å². The predicted octanol–water partition coefficient (Wildman–Crippen LogP) is 1.87. The van der Waals surface area contributed by atoms with Crippen LogP contribution in [0.1, 0.15) is 25.3 Å². The first-order valence-electron chi connectivity index (χ1n) is 8.74. The van der Waals surface area contributed by atoms with Gasteiger partial charge in [0.15, 0.2) is 5.96 Å². The average Bonchev–Trinajstić information content (AvgIpc) is 3.09. The van der Waals surface area contributed by atoms with Gasteiger partial charge in [-0.05, 0) is 31.0 Å². The van der Waals surface area contributed by atoms with Gasteiger partial charge < -0.3 is 20.9 Å². The Bertz CT molecular complexity index is 692. The Balaban J connectivity index is 1.81. The van der Waals surface area contributed by atoms with Crippen molar-refractivity contribution in [2.45, 2.75) is 32.7 Å². The summed E-state index contributed by atoms with van der Waals surface area (Å²) in [7, 11) is 1.66. The smallest absolute Gasteiger partial charge is 0.243 e. The topological polar surface area (TPSA) is 85.8 Å². The van der Waals surface area contributed by atoms with Crippen LogP contribution in [0.4, 0.5) is 5.69 Å².